The van der Waals surface area contributed by atoms with Crippen molar-refractivity contribution in [1.82, 2.24) is 10.1 Å². The van der Waals surface area contributed by atoms with Gasteiger partial charge in [-0.15, -0.1) is 0 Å². The molecule has 0 aliphatic carbocycles. The van der Waals surface area contributed by atoms with E-state index in [2.05, 4.69) is 30.9 Å². The Morgan fingerprint density at radius 3 is 2.33 bits per heavy atom. The number of nitrogens with two attached hydrogens (primary N) is 1. The maximum absolute atomic E-state index is 5.52. The van der Waals surface area contributed by atoms with Crippen LogP contribution in [0.2, 0.25) is 0 Å². The molecular weight excluding hydrogens is 226 g/mol. The van der Waals surface area contributed by atoms with Crippen molar-refractivity contribution in [3.63, 3.8) is 0 Å². The number of nitrogens with zero attached hydrogens (tertiary/aromatic N) is 2. The molecular formula is C14H19N3O. The van der Waals surface area contributed by atoms with Crippen LogP contribution >= 0.6 is 0 Å². The van der Waals surface area contributed by atoms with E-state index in [-0.39, 0.29) is 5.41 Å². The monoisotopic (exact) mass is 245 g/mol. The van der Waals surface area contributed by atoms with Crippen LogP contribution in [0.3, 0.4) is 0 Å². The van der Waals surface area contributed by atoms with E-state index in [1.807, 2.05) is 24.3 Å². The van der Waals surface area contributed by atoms with Gasteiger partial charge in [-0.05, 0) is 30.7 Å². The fourth-order valence-electron chi connectivity index (χ4n) is 1.63. The number of hydrogen-bond donors (Lipinski definition) is 1. The summed E-state index contributed by atoms with van der Waals surface area (Å²) in [6.45, 7) is 6.85. The van der Waals surface area contributed by atoms with Gasteiger partial charge in [0.15, 0.2) is 5.82 Å². The van der Waals surface area contributed by atoms with Crippen LogP contribution in [0.15, 0.2) is 28.8 Å². The van der Waals surface area contributed by atoms with Crippen LogP contribution in [0.25, 0.3) is 11.5 Å². The van der Waals surface area contributed by atoms with Gasteiger partial charge in [0.05, 0.1) is 0 Å². The summed E-state index contributed by atoms with van der Waals surface area (Å²) in [6.07, 6.45) is 0.886. The molecule has 0 aliphatic heterocycles. The highest BCUT2D eigenvalue weighted by Crippen LogP contribution is 2.23. The average Bonchev–Trinajstić information content (AvgIpc) is 2.79. The highest BCUT2D eigenvalue weighted by molar-refractivity contribution is 5.53. The van der Waals surface area contributed by atoms with Crippen molar-refractivity contribution in [3.05, 3.63) is 35.7 Å². The molecule has 4 heteroatoms. The summed E-state index contributed by atoms with van der Waals surface area (Å²) < 4.78 is 5.29. The molecule has 0 amide bonds. The standard InChI is InChI=1S/C14H19N3O/c1-14(2,3)13-16-12(18-17-13)11-6-4-10(5-7-11)8-9-15/h4-7H,8-9,15H2,1-3H3. The second kappa shape index (κ2) is 4.90. The van der Waals surface area contributed by atoms with E-state index >= 15 is 0 Å². The van der Waals surface area contributed by atoms with E-state index in [9.17, 15) is 0 Å². The molecule has 4 nitrogen and oxygen atoms in total. The highest BCUT2D eigenvalue weighted by Gasteiger charge is 2.21. The first kappa shape index (κ1) is 12.8. The molecule has 96 valence electrons. The van der Waals surface area contributed by atoms with E-state index in [0.29, 0.717) is 12.4 Å². The molecule has 0 saturated heterocycles. The third-order valence-electron chi connectivity index (χ3n) is 2.73. The Kier molecular flexibility index (Phi) is 3.48. The summed E-state index contributed by atoms with van der Waals surface area (Å²) in [5.41, 5.74) is 7.59. The summed E-state index contributed by atoms with van der Waals surface area (Å²) in [5.74, 6) is 1.29. The van der Waals surface area contributed by atoms with Crippen LogP contribution in [0.1, 0.15) is 32.2 Å². The van der Waals surface area contributed by atoms with E-state index in [1.165, 1.54) is 5.56 Å². The van der Waals surface area contributed by atoms with Crippen molar-refractivity contribution in [1.29, 1.82) is 0 Å². The zero-order chi connectivity index (χ0) is 13.2. The molecule has 2 aromatic rings. The summed E-state index contributed by atoms with van der Waals surface area (Å²) in [7, 11) is 0. The molecule has 2 rings (SSSR count). The van der Waals surface area contributed by atoms with Gasteiger partial charge >= 0.3 is 0 Å². The third kappa shape index (κ3) is 2.76. The quantitative estimate of drug-likeness (QED) is 0.902. The van der Waals surface area contributed by atoms with Crippen LogP contribution < -0.4 is 5.73 Å². The number of benzene rings is 1. The molecule has 0 radical (unpaired) electrons. The lowest BCUT2D eigenvalue weighted by molar-refractivity contribution is 0.402. The first-order valence-corrected chi connectivity index (χ1v) is 6.14. The van der Waals surface area contributed by atoms with Gasteiger partial charge < -0.3 is 10.3 Å². The molecule has 1 heterocycles. The second-order valence-corrected chi connectivity index (χ2v) is 5.41. The van der Waals surface area contributed by atoms with Crippen LogP contribution in [0.4, 0.5) is 0 Å². The first-order valence-electron chi connectivity index (χ1n) is 6.14. The first-order chi connectivity index (χ1) is 8.50. The van der Waals surface area contributed by atoms with Crippen LogP contribution in [0.5, 0.6) is 0 Å². The normalized spacial score (nSPS) is 11.8. The number of aromatic nitrogens is 2. The Labute approximate surface area is 107 Å². The van der Waals surface area contributed by atoms with Crippen molar-refractivity contribution in [2.75, 3.05) is 6.54 Å². The minimum Gasteiger partial charge on any atom is -0.334 e. The molecule has 18 heavy (non-hydrogen) atoms. The highest BCUT2D eigenvalue weighted by atomic mass is 16.5. The minimum atomic E-state index is -0.0960. The van der Waals surface area contributed by atoms with Gasteiger partial charge in [-0.2, -0.15) is 4.98 Å². The van der Waals surface area contributed by atoms with Crippen LogP contribution in [-0.2, 0) is 11.8 Å². The Morgan fingerprint density at radius 1 is 1.17 bits per heavy atom. The molecule has 0 bridgehead atoms. The second-order valence-electron chi connectivity index (χ2n) is 5.41. The molecule has 0 aliphatic rings. The third-order valence-corrected chi connectivity index (χ3v) is 2.73. The van der Waals surface area contributed by atoms with E-state index in [0.717, 1.165) is 17.8 Å². The molecule has 1 aromatic carbocycles. The Hall–Kier alpha value is -1.68. The Morgan fingerprint density at radius 2 is 1.83 bits per heavy atom. The van der Waals surface area contributed by atoms with Gasteiger partial charge in [0, 0.05) is 11.0 Å². The lowest BCUT2D eigenvalue weighted by Gasteiger charge is -2.10. The fraction of sp³-hybridized carbons (Fsp3) is 0.429. The Balaban J connectivity index is 2.23. The number of hydrogen-bond acceptors (Lipinski definition) is 4. The van der Waals surface area contributed by atoms with Gasteiger partial charge in [-0.1, -0.05) is 38.1 Å². The van der Waals surface area contributed by atoms with Crippen LogP contribution in [-0.4, -0.2) is 16.7 Å². The predicted octanol–water partition coefficient (Wildman–Crippen LogP) is 2.54. The summed E-state index contributed by atoms with van der Waals surface area (Å²) >= 11 is 0. The van der Waals surface area contributed by atoms with E-state index in [1.54, 1.807) is 0 Å². The van der Waals surface area contributed by atoms with Gasteiger partial charge in [0.1, 0.15) is 0 Å². The molecule has 0 saturated carbocycles. The summed E-state index contributed by atoms with van der Waals surface area (Å²) in [5, 5.41) is 4.02. The van der Waals surface area contributed by atoms with Gasteiger partial charge in [0.25, 0.3) is 5.89 Å². The SMILES string of the molecule is CC(C)(C)c1noc(-c2ccc(CCN)cc2)n1. The number of rotatable bonds is 3. The van der Waals surface area contributed by atoms with Crippen molar-refractivity contribution in [3.8, 4) is 11.5 Å². The van der Waals surface area contributed by atoms with Crippen molar-refractivity contribution < 1.29 is 4.52 Å². The molecule has 2 N–H and O–H groups in total. The zero-order valence-electron chi connectivity index (χ0n) is 11.1. The topological polar surface area (TPSA) is 64.9 Å². The van der Waals surface area contributed by atoms with E-state index < -0.39 is 0 Å². The van der Waals surface area contributed by atoms with Gasteiger partial charge in [0.2, 0.25) is 0 Å². The van der Waals surface area contributed by atoms with Crippen LogP contribution in [0, 0.1) is 0 Å². The smallest absolute Gasteiger partial charge is 0.257 e. The molecule has 0 unspecified atom stereocenters. The van der Waals surface area contributed by atoms with Crippen molar-refractivity contribution in [2.45, 2.75) is 32.6 Å². The molecule has 0 fully saturated rings. The summed E-state index contributed by atoms with van der Waals surface area (Å²) in [6, 6.07) is 8.07. The van der Waals surface area contributed by atoms with Gasteiger partial charge in [-0.3, -0.25) is 0 Å². The van der Waals surface area contributed by atoms with Crippen molar-refractivity contribution >= 4 is 0 Å². The lowest BCUT2D eigenvalue weighted by Crippen LogP contribution is -2.13. The zero-order valence-corrected chi connectivity index (χ0v) is 11.1. The summed E-state index contributed by atoms with van der Waals surface area (Å²) in [4.78, 5) is 4.42. The van der Waals surface area contributed by atoms with Crippen molar-refractivity contribution in [2.24, 2.45) is 5.73 Å². The minimum absolute atomic E-state index is 0.0960. The molecule has 1 aromatic heterocycles. The maximum atomic E-state index is 5.52. The fourth-order valence-corrected chi connectivity index (χ4v) is 1.63. The lowest BCUT2D eigenvalue weighted by atomic mass is 9.96. The average molecular weight is 245 g/mol. The maximum Gasteiger partial charge on any atom is 0.257 e. The largest absolute Gasteiger partial charge is 0.334 e. The Bertz CT molecular complexity index is 509. The van der Waals surface area contributed by atoms with E-state index in [4.69, 9.17) is 10.3 Å². The predicted molar refractivity (Wildman–Crippen MR) is 71.2 cm³/mol. The molecule has 0 atom stereocenters. The van der Waals surface area contributed by atoms with Gasteiger partial charge in [-0.25, -0.2) is 0 Å². The molecule has 0 spiro atoms.